The Labute approximate surface area is 101 Å². The Morgan fingerprint density at radius 1 is 1.53 bits per heavy atom. The van der Waals surface area contributed by atoms with Crippen molar-refractivity contribution in [3.05, 3.63) is 33.0 Å². The van der Waals surface area contributed by atoms with Crippen LogP contribution in [0.5, 0.6) is 0 Å². The Hall–Kier alpha value is -0.410. The Kier molecular flexibility index (Phi) is 2.63. The minimum absolute atomic E-state index is 0.0231. The van der Waals surface area contributed by atoms with E-state index in [1.165, 1.54) is 6.07 Å². The molecule has 1 fully saturated rings. The first-order chi connectivity index (χ1) is 6.96. The fourth-order valence-electron chi connectivity index (χ4n) is 1.44. The van der Waals surface area contributed by atoms with Gasteiger partial charge in [0.2, 0.25) is 0 Å². The molecule has 1 aromatic carbocycles. The van der Waals surface area contributed by atoms with Crippen molar-refractivity contribution in [3.8, 4) is 0 Å². The lowest BCUT2D eigenvalue weighted by atomic mass is 9.96. The van der Waals surface area contributed by atoms with Crippen LogP contribution >= 0.6 is 27.5 Å². The van der Waals surface area contributed by atoms with Crippen LogP contribution in [0.3, 0.4) is 0 Å². The molecule has 0 unspecified atom stereocenters. The summed E-state index contributed by atoms with van der Waals surface area (Å²) in [7, 11) is 0. The summed E-state index contributed by atoms with van der Waals surface area (Å²) in [6.07, 6.45) is 1.66. The van der Waals surface area contributed by atoms with Gasteiger partial charge in [-0.3, -0.25) is 4.79 Å². The number of benzene rings is 1. The molecule has 1 aromatic rings. The van der Waals surface area contributed by atoms with Crippen molar-refractivity contribution in [2.75, 3.05) is 0 Å². The third-order valence-electron chi connectivity index (χ3n) is 2.83. The van der Waals surface area contributed by atoms with E-state index in [0.717, 1.165) is 12.8 Å². The molecule has 0 bridgehead atoms. The second kappa shape index (κ2) is 3.56. The van der Waals surface area contributed by atoms with Gasteiger partial charge in [-0.1, -0.05) is 18.5 Å². The van der Waals surface area contributed by atoms with Crippen LogP contribution in [-0.4, -0.2) is 5.78 Å². The number of carbonyl (C=O) groups excluding carboxylic acids is 1. The first-order valence-electron chi connectivity index (χ1n) is 4.64. The summed E-state index contributed by atoms with van der Waals surface area (Å²) in [4.78, 5) is 11.9. The first-order valence-corrected chi connectivity index (χ1v) is 5.81. The molecule has 0 spiro atoms. The van der Waals surface area contributed by atoms with Crippen LogP contribution in [0.4, 0.5) is 4.39 Å². The van der Waals surface area contributed by atoms with Crippen LogP contribution in [-0.2, 0) is 0 Å². The highest BCUT2D eigenvalue weighted by Gasteiger charge is 2.46. The minimum atomic E-state index is -0.621. The number of hydrogen-bond donors (Lipinski definition) is 0. The fourth-order valence-corrected chi connectivity index (χ4v) is 1.91. The van der Waals surface area contributed by atoms with Crippen LogP contribution in [0, 0.1) is 11.2 Å². The van der Waals surface area contributed by atoms with Gasteiger partial charge in [-0.05, 0) is 40.9 Å². The van der Waals surface area contributed by atoms with Gasteiger partial charge in [0.15, 0.2) is 11.6 Å². The zero-order chi connectivity index (χ0) is 11.2. The van der Waals surface area contributed by atoms with E-state index in [4.69, 9.17) is 11.6 Å². The molecule has 2 rings (SSSR count). The number of ketones is 1. The topological polar surface area (TPSA) is 17.1 Å². The highest BCUT2D eigenvalue weighted by Crippen LogP contribution is 2.48. The normalized spacial score (nSPS) is 17.6. The number of hydrogen-bond acceptors (Lipinski definition) is 1. The molecule has 1 saturated carbocycles. The standard InChI is InChI=1S/C11H9BrClFO/c1-11(4-5-11)10(15)6-2-3-7(12)8(13)9(6)14/h2-3H,4-5H2,1H3. The molecular formula is C11H9BrClFO. The minimum Gasteiger partial charge on any atom is -0.293 e. The Bertz CT molecular complexity index is 440. The van der Waals surface area contributed by atoms with Crippen molar-refractivity contribution >= 4 is 33.3 Å². The molecule has 1 nitrogen and oxygen atoms in total. The van der Waals surface area contributed by atoms with E-state index in [2.05, 4.69) is 15.9 Å². The van der Waals surface area contributed by atoms with Crippen molar-refractivity contribution in [2.24, 2.45) is 5.41 Å². The second-order valence-corrected chi connectivity index (χ2v) is 5.34. The summed E-state index contributed by atoms with van der Waals surface area (Å²) < 4.78 is 14.2. The number of halogens is 3. The third kappa shape index (κ3) is 1.83. The lowest BCUT2D eigenvalue weighted by molar-refractivity contribution is 0.0908. The zero-order valence-electron chi connectivity index (χ0n) is 8.11. The van der Waals surface area contributed by atoms with Crippen LogP contribution < -0.4 is 0 Å². The third-order valence-corrected chi connectivity index (χ3v) is 4.09. The predicted octanol–water partition coefficient (Wildman–Crippen LogP) is 4.22. The predicted molar refractivity (Wildman–Crippen MR) is 60.8 cm³/mol. The Balaban J connectivity index is 2.45. The van der Waals surface area contributed by atoms with E-state index in [9.17, 15) is 9.18 Å². The molecule has 80 valence electrons. The maximum absolute atomic E-state index is 13.7. The van der Waals surface area contributed by atoms with E-state index < -0.39 is 5.82 Å². The van der Waals surface area contributed by atoms with Crippen molar-refractivity contribution in [2.45, 2.75) is 19.8 Å². The van der Waals surface area contributed by atoms with Crippen molar-refractivity contribution in [3.63, 3.8) is 0 Å². The lowest BCUT2D eigenvalue weighted by Gasteiger charge is -2.09. The lowest BCUT2D eigenvalue weighted by Crippen LogP contribution is -2.14. The van der Waals surface area contributed by atoms with Crippen molar-refractivity contribution in [1.82, 2.24) is 0 Å². The molecule has 0 saturated heterocycles. The van der Waals surface area contributed by atoms with E-state index in [1.807, 2.05) is 6.92 Å². The highest BCUT2D eigenvalue weighted by atomic mass is 79.9. The molecule has 0 radical (unpaired) electrons. The Morgan fingerprint density at radius 2 is 2.13 bits per heavy atom. The highest BCUT2D eigenvalue weighted by molar-refractivity contribution is 9.10. The summed E-state index contributed by atoms with van der Waals surface area (Å²) in [6, 6.07) is 3.08. The Morgan fingerprint density at radius 3 is 2.67 bits per heavy atom. The molecule has 0 amide bonds. The summed E-state index contributed by atoms with van der Waals surface area (Å²) in [5, 5.41) is -0.0231. The van der Waals surface area contributed by atoms with Gasteiger partial charge in [0.25, 0.3) is 0 Å². The molecule has 1 aliphatic carbocycles. The van der Waals surface area contributed by atoms with Crippen molar-refractivity contribution in [1.29, 1.82) is 0 Å². The summed E-state index contributed by atoms with van der Waals surface area (Å²) >= 11 is 8.84. The summed E-state index contributed by atoms with van der Waals surface area (Å²) in [5.41, 5.74) is -0.263. The smallest absolute Gasteiger partial charge is 0.171 e. The summed E-state index contributed by atoms with van der Waals surface area (Å²) in [6.45, 7) is 1.85. The first kappa shape index (κ1) is 11.1. The number of carbonyl (C=O) groups is 1. The van der Waals surface area contributed by atoms with E-state index >= 15 is 0 Å². The fraction of sp³-hybridized carbons (Fsp3) is 0.364. The van der Waals surface area contributed by atoms with Gasteiger partial charge >= 0.3 is 0 Å². The molecule has 0 aliphatic heterocycles. The number of rotatable bonds is 2. The molecule has 0 N–H and O–H groups in total. The monoisotopic (exact) mass is 290 g/mol. The second-order valence-electron chi connectivity index (χ2n) is 4.11. The molecule has 1 aliphatic rings. The zero-order valence-corrected chi connectivity index (χ0v) is 10.5. The van der Waals surface area contributed by atoms with E-state index in [0.29, 0.717) is 4.47 Å². The van der Waals surface area contributed by atoms with Gasteiger partial charge in [-0.25, -0.2) is 4.39 Å². The molecule has 0 atom stereocenters. The van der Waals surface area contributed by atoms with Crippen molar-refractivity contribution < 1.29 is 9.18 Å². The molecule has 4 heteroatoms. The van der Waals surface area contributed by atoms with Gasteiger partial charge in [0.05, 0.1) is 10.6 Å². The largest absolute Gasteiger partial charge is 0.293 e. The maximum Gasteiger partial charge on any atom is 0.171 e. The van der Waals surface area contributed by atoms with Gasteiger partial charge in [-0.15, -0.1) is 0 Å². The van der Waals surface area contributed by atoms with Crippen LogP contribution in [0.25, 0.3) is 0 Å². The molecule has 0 aromatic heterocycles. The molecule has 15 heavy (non-hydrogen) atoms. The van der Waals surface area contributed by atoms with Gasteiger partial charge in [0, 0.05) is 9.89 Å². The van der Waals surface area contributed by atoms with E-state index in [-0.39, 0.29) is 21.8 Å². The van der Waals surface area contributed by atoms with Gasteiger partial charge in [-0.2, -0.15) is 0 Å². The van der Waals surface area contributed by atoms with Crippen LogP contribution in [0.1, 0.15) is 30.1 Å². The van der Waals surface area contributed by atoms with Gasteiger partial charge in [0.1, 0.15) is 0 Å². The quantitative estimate of drug-likeness (QED) is 0.589. The molecular weight excluding hydrogens is 282 g/mol. The molecule has 0 heterocycles. The van der Waals surface area contributed by atoms with Crippen LogP contribution in [0.15, 0.2) is 16.6 Å². The SMILES string of the molecule is CC1(C(=O)c2ccc(Br)c(Cl)c2F)CC1. The van der Waals surface area contributed by atoms with E-state index in [1.54, 1.807) is 6.07 Å². The van der Waals surface area contributed by atoms with Gasteiger partial charge < -0.3 is 0 Å². The maximum atomic E-state index is 13.7. The number of Topliss-reactive ketones (excluding diaryl/α,β-unsaturated/α-hetero) is 1. The van der Waals surface area contributed by atoms with Crippen LogP contribution in [0.2, 0.25) is 5.02 Å². The average Bonchev–Trinajstić information content (AvgIpc) is 2.94. The summed E-state index contributed by atoms with van der Waals surface area (Å²) in [5.74, 6) is -0.765. The average molecular weight is 292 g/mol.